The van der Waals surface area contributed by atoms with Gasteiger partial charge in [0.05, 0.1) is 4.92 Å². The van der Waals surface area contributed by atoms with Crippen molar-refractivity contribution in [3.05, 3.63) is 70.3 Å². The van der Waals surface area contributed by atoms with Gasteiger partial charge in [-0.05, 0) is 42.8 Å². The summed E-state index contributed by atoms with van der Waals surface area (Å²) in [6.45, 7) is 2.80. The molecule has 0 heterocycles. The third-order valence-corrected chi connectivity index (χ3v) is 3.63. The van der Waals surface area contributed by atoms with Crippen molar-refractivity contribution < 1.29 is 24.0 Å². The zero-order valence-corrected chi connectivity index (χ0v) is 15.7. The van der Waals surface area contributed by atoms with E-state index in [9.17, 15) is 24.5 Å². The predicted octanol–water partition coefficient (Wildman–Crippen LogP) is 3.14. The molecule has 150 valence electrons. The summed E-state index contributed by atoms with van der Waals surface area (Å²) in [7, 11) is 0. The van der Waals surface area contributed by atoms with Crippen molar-refractivity contribution in [2.24, 2.45) is 0 Å². The highest BCUT2D eigenvalue weighted by Gasteiger charge is 2.16. The van der Waals surface area contributed by atoms with Crippen molar-refractivity contribution in [2.45, 2.75) is 20.0 Å². The molecule has 0 radical (unpaired) electrons. The van der Waals surface area contributed by atoms with E-state index in [4.69, 9.17) is 4.74 Å². The Labute approximate surface area is 166 Å². The molecule has 0 aliphatic rings. The minimum atomic E-state index is -1.06. The number of ether oxygens (including phenoxy) is 1. The number of nitrogens with one attached hydrogen (secondary N) is 2. The molecule has 2 aromatic carbocycles. The van der Waals surface area contributed by atoms with Gasteiger partial charge in [0.15, 0.2) is 6.10 Å². The van der Waals surface area contributed by atoms with Gasteiger partial charge in [0.2, 0.25) is 5.91 Å². The SMILES string of the molecule is CC(=O)Nc1ccc(NC(=O)[C@@H](C)OC(=O)/C=C/c2cccc([N+](=O)[O-])c2)cc1. The number of anilines is 2. The normalized spacial score (nSPS) is 11.5. The molecule has 29 heavy (non-hydrogen) atoms. The number of amides is 2. The van der Waals surface area contributed by atoms with E-state index < -0.39 is 22.9 Å². The maximum Gasteiger partial charge on any atom is 0.331 e. The summed E-state index contributed by atoms with van der Waals surface area (Å²) in [4.78, 5) is 45.2. The first-order valence-corrected chi connectivity index (χ1v) is 8.56. The summed E-state index contributed by atoms with van der Waals surface area (Å²) in [5.74, 6) is -1.50. The molecule has 2 aromatic rings. The number of benzene rings is 2. The van der Waals surface area contributed by atoms with E-state index in [-0.39, 0.29) is 11.6 Å². The average Bonchev–Trinajstić information content (AvgIpc) is 2.67. The molecular formula is C20H19N3O6. The quantitative estimate of drug-likeness (QED) is 0.320. The van der Waals surface area contributed by atoms with E-state index in [2.05, 4.69) is 10.6 Å². The fraction of sp³-hybridized carbons (Fsp3) is 0.150. The largest absolute Gasteiger partial charge is 0.449 e. The van der Waals surface area contributed by atoms with Crippen LogP contribution in [-0.4, -0.2) is 28.8 Å². The molecule has 0 spiro atoms. The number of nitro benzene ring substituents is 1. The molecule has 9 heteroatoms. The molecule has 0 aliphatic carbocycles. The number of nitro groups is 1. The lowest BCUT2D eigenvalue weighted by Crippen LogP contribution is -2.29. The van der Waals surface area contributed by atoms with Gasteiger partial charge in [-0.3, -0.25) is 19.7 Å². The van der Waals surface area contributed by atoms with Crippen LogP contribution in [0, 0.1) is 10.1 Å². The first kappa shape index (κ1) is 21.3. The van der Waals surface area contributed by atoms with Gasteiger partial charge in [0.1, 0.15) is 0 Å². The molecule has 0 fully saturated rings. The first-order valence-electron chi connectivity index (χ1n) is 8.56. The molecule has 0 bridgehead atoms. The smallest absolute Gasteiger partial charge is 0.331 e. The average molecular weight is 397 g/mol. The Hall–Kier alpha value is -4.01. The van der Waals surface area contributed by atoms with Gasteiger partial charge in [0, 0.05) is 36.5 Å². The van der Waals surface area contributed by atoms with Gasteiger partial charge in [-0.2, -0.15) is 0 Å². The summed E-state index contributed by atoms with van der Waals surface area (Å²) in [6, 6.07) is 12.2. The third-order valence-electron chi connectivity index (χ3n) is 3.63. The van der Waals surface area contributed by atoms with Gasteiger partial charge >= 0.3 is 5.97 Å². The predicted molar refractivity (Wildman–Crippen MR) is 107 cm³/mol. The number of non-ortho nitro benzene ring substituents is 1. The molecular weight excluding hydrogens is 378 g/mol. The highest BCUT2D eigenvalue weighted by Crippen LogP contribution is 2.15. The Morgan fingerprint density at radius 3 is 2.28 bits per heavy atom. The minimum absolute atomic E-state index is 0.0993. The lowest BCUT2D eigenvalue weighted by atomic mass is 10.2. The van der Waals surface area contributed by atoms with Crippen LogP contribution in [0.1, 0.15) is 19.4 Å². The van der Waals surface area contributed by atoms with Crippen LogP contribution < -0.4 is 10.6 Å². The first-order chi connectivity index (χ1) is 13.7. The van der Waals surface area contributed by atoms with Gasteiger partial charge in [-0.25, -0.2) is 4.79 Å². The van der Waals surface area contributed by atoms with E-state index in [0.717, 1.165) is 6.08 Å². The second-order valence-electron chi connectivity index (χ2n) is 6.01. The number of carbonyl (C=O) groups is 3. The van der Waals surface area contributed by atoms with E-state index in [0.29, 0.717) is 16.9 Å². The van der Waals surface area contributed by atoms with Gasteiger partial charge in [0.25, 0.3) is 11.6 Å². The van der Waals surface area contributed by atoms with Crippen LogP contribution in [0.3, 0.4) is 0 Å². The monoisotopic (exact) mass is 397 g/mol. The lowest BCUT2D eigenvalue weighted by Gasteiger charge is -2.12. The zero-order valence-electron chi connectivity index (χ0n) is 15.7. The summed E-state index contributed by atoms with van der Waals surface area (Å²) in [6.07, 6.45) is 1.39. The molecule has 0 aliphatic heterocycles. The van der Waals surface area contributed by atoms with Crippen molar-refractivity contribution in [3.63, 3.8) is 0 Å². The van der Waals surface area contributed by atoms with E-state index in [1.54, 1.807) is 30.3 Å². The zero-order chi connectivity index (χ0) is 21.4. The number of hydrogen-bond donors (Lipinski definition) is 2. The number of rotatable bonds is 7. The molecule has 0 unspecified atom stereocenters. The summed E-state index contributed by atoms with van der Waals surface area (Å²) < 4.78 is 5.03. The number of hydrogen-bond acceptors (Lipinski definition) is 6. The molecule has 2 rings (SSSR count). The highest BCUT2D eigenvalue weighted by atomic mass is 16.6. The lowest BCUT2D eigenvalue weighted by molar-refractivity contribution is -0.384. The topological polar surface area (TPSA) is 128 Å². The Bertz CT molecular complexity index is 953. The number of carbonyl (C=O) groups excluding carboxylic acids is 3. The third kappa shape index (κ3) is 6.90. The minimum Gasteiger partial charge on any atom is -0.449 e. The maximum absolute atomic E-state index is 12.1. The van der Waals surface area contributed by atoms with Gasteiger partial charge in [-0.1, -0.05) is 12.1 Å². The molecule has 2 N–H and O–H groups in total. The van der Waals surface area contributed by atoms with Crippen LogP contribution in [0.4, 0.5) is 17.1 Å². The van der Waals surface area contributed by atoms with Gasteiger partial charge in [-0.15, -0.1) is 0 Å². The molecule has 1 atom stereocenters. The molecule has 9 nitrogen and oxygen atoms in total. The van der Waals surface area contributed by atoms with E-state index in [1.165, 1.54) is 38.1 Å². The fourth-order valence-electron chi connectivity index (χ4n) is 2.26. The van der Waals surface area contributed by atoms with Crippen molar-refractivity contribution in [1.82, 2.24) is 0 Å². The molecule has 0 saturated carbocycles. The summed E-state index contributed by atoms with van der Waals surface area (Å²) >= 11 is 0. The van der Waals surface area contributed by atoms with E-state index >= 15 is 0 Å². The Balaban J connectivity index is 1.90. The van der Waals surface area contributed by atoms with Crippen LogP contribution in [-0.2, 0) is 19.1 Å². The standard InChI is InChI=1S/C20H19N3O6/c1-13(20(26)22-17-9-7-16(8-10-17)21-14(2)24)29-19(25)11-6-15-4-3-5-18(12-15)23(27)28/h3-13H,1-2H3,(H,21,24)(H,22,26)/b11-6+/t13-/m1/s1. The molecule has 0 saturated heterocycles. The van der Waals surface area contributed by atoms with Crippen LogP contribution >= 0.6 is 0 Å². The molecule has 0 aromatic heterocycles. The van der Waals surface area contributed by atoms with Crippen molar-refractivity contribution >= 4 is 40.9 Å². The summed E-state index contributed by atoms with van der Waals surface area (Å²) in [5.41, 5.74) is 1.41. The number of nitrogens with zero attached hydrogens (tertiary/aromatic N) is 1. The second-order valence-corrected chi connectivity index (χ2v) is 6.01. The van der Waals surface area contributed by atoms with Crippen molar-refractivity contribution in [1.29, 1.82) is 0 Å². The maximum atomic E-state index is 12.1. The van der Waals surface area contributed by atoms with Crippen LogP contribution in [0.15, 0.2) is 54.6 Å². The Kier molecular flexibility index (Phi) is 7.19. The Morgan fingerprint density at radius 1 is 1.07 bits per heavy atom. The van der Waals surface area contributed by atoms with E-state index in [1.807, 2.05) is 0 Å². The van der Waals surface area contributed by atoms with Crippen molar-refractivity contribution in [2.75, 3.05) is 10.6 Å². The van der Waals surface area contributed by atoms with Crippen molar-refractivity contribution in [3.8, 4) is 0 Å². The van der Waals surface area contributed by atoms with Crippen LogP contribution in [0.5, 0.6) is 0 Å². The molecule has 2 amide bonds. The second kappa shape index (κ2) is 9.79. The highest BCUT2D eigenvalue weighted by molar-refractivity contribution is 5.97. The summed E-state index contributed by atoms with van der Waals surface area (Å²) in [5, 5.41) is 16.0. The fourth-order valence-corrected chi connectivity index (χ4v) is 2.26. The Morgan fingerprint density at radius 2 is 1.69 bits per heavy atom. The number of esters is 1. The van der Waals surface area contributed by atoms with Crippen LogP contribution in [0.2, 0.25) is 0 Å². The van der Waals surface area contributed by atoms with Crippen LogP contribution in [0.25, 0.3) is 6.08 Å². The van der Waals surface area contributed by atoms with Gasteiger partial charge < -0.3 is 15.4 Å².